The first-order valence-electron chi connectivity index (χ1n) is 10.8. The molecule has 0 bridgehead atoms. The van der Waals surface area contributed by atoms with E-state index in [4.69, 9.17) is 4.42 Å². The van der Waals surface area contributed by atoms with E-state index in [2.05, 4.69) is 10.0 Å². The Morgan fingerprint density at radius 2 is 1.78 bits per heavy atom. The van der Waals surface area contributed by atoms with E-state index in [-0.39, 0.29) is 17.3 Å². The molecule has 1 atom stereocenters. The number of nitrogens with zero attached hydrogens (tertiary/aromatic N) is 1. The van der Waals surface area contributed by atoms with Gasteiger partial charge in [0.1, 0.15) is 11.8 Å². The molecular weight excluding hydrogens is 430 g/mol. The summed E-state index contributed by atoms with van der Waals surface area (Å²) in [5.74, 6) is -0.277. The van der Waals surface area contributed by atoms with Gasteiger partial charge in [-0.3, -0.25) is 9.59 Å². The van der Waals surface area contributed by atoms with Crippen LogP contribution in [0.2, 0.25) is 0 Å². The molecule has 1 aromatic carbocycles. The van der Waals surface area contributed by atoms with Crippen LogP contribution in [-0.4, -0.2) is 43.3 Å². The topological polar surface area (TPSA) is 109 Å². The number of amides is 2. The van der Waals surface area contributed by atoms with E-state index in [9.17, 15) is 18.0 Å². The van der Waals surface area contributed by atoms with Gasteiger partial charge in [-0.1, -0.05) is 38.5 Å². The van der Waals surface area contributed by atoms with Crippen molar-refractivity contribution in [1.29, 1.82) is 0 Å². The van der Waals surface area contributed by atoms with Crippen molar-refractivity contribution in [1.82, 2.24) is 14.9 Å². The van der Waals surface area contributed by atoms with Crippen molar-refractivity contribution < 1.29 is 22.4 Å². The first-order chi connectivity index (χ1) is 15.1. The summed E-state index contributed by atoms with van der Waals surface area (Å²) >= 11 is 0. The van der Waals surface area contributed by atoms with Crippen molar-refractivity contribution in [2.45, 2.75) is 70.0 Å². The summed E-state index contributed by atoms with van der Waals surface area (Å²) in [7, 11) is -3.86. The number of nitrogens with one attached hydrogen (secondary N) is 2. The minimum Gasteiger partial charge on any atom is -0.467 e. The van der Waals surface area contributed by atoms with Gasteiger partial charge in [-0.05, 0) is 51.0 Å². The zero-order valence-electron chi connectivity index (χ0n) is 19.1. The molecule has 0 fully saturated rings. The Bertz CT molecular complexity index is 972. The largest absolute Gasteiger partial charge is 0.467 e. The molecule has 0 aliphatic rings. The molecule has 2 aromatic rings. The second-order valence-corrected chi connectivity index (χ2v) is 10.0. The highest BCUT2D eigenvalue weighted by Gasteiger charge is 2.33. The first-order valence-corrected chi connectivity index (χ1v) is 12.3. The molecule has 0 unspecified atom stereocenters. The number of hydrogen-bond donors (Lipinski definition) is 2. The van der Waals surface area contributed by atoms with Crippen molar-refractivity contribution in [2.24, 2.45) is 0 Å². The van der Waals surface area contributed by atoms with Crippen molar-refractivity contribution in [2.75, 3.05) is 6.54 Å². The Labute approximate surface area is 190 Å². The lowest BCUT2D eigenvalue weighted by Gasteiger charge is -2.34. The quantitative estimate of drug-likeness (QED) is 0.503. The molecule has 0 saturated carbocycles. The Hall–Kier alpha value is -2.65. The summed E-state index contributed by atoms with van der Waals surface area (Å²) in [5, 5.41) is 3.00. The Balaban J connectivity index is 2.25. The number of carbonyl (C=O) groups is 2. The van der Waals surface area contributed by atoms with E-state index in [1.165, 1.54) is 23.3 Å². The highest BCUT2D eigenvalue weighted by Crippen LogP contribution is 2.17. The summed E-state index contributed by atoms with van der Waals surface area (Å²) in [5.41, 5.74) is -0.433. The summed E-state index contributed by atoms with van der Waals surface area (Å²) in [6.45, 7) is 7.32. The van der Waals surface area contributed by atoms with Crippen LogP contribution in [0.3, 0.4) is 0 Å². The van der Waals surface area contributed by atoms with Gasteiger partial charge in [0.05, 0.1) is 24.2 Å². The first kappa shape index (κ1) is 25.6. The highest BCUT2D eigenvalue weighted by molar-refractivity contribution is 7.89. The predicted octanol–water partition coefficient (Wildman–Crippen LogP) is 3.06. The number of sulfonamides is 1. The Kier molecular flexibility index (Phi) is 9.03. The summed E-state index contributed by atoms with van der Waals surface area (Å²) in [6, 6.07) is 10.5. The van der Waals surface area contributed by atoms with E-state index in [0.717, 1.165) is 6.42 Å². The Morgan fingerprint density at radius 1 is 1.09 bits per heavy atom. The van der Waals surface area contributed by atoms with Gasteiger partial charge in [0, 0.05) is 5.54 Å². The summed E-state index contributed by atoms with van der Waals surface area (Å²) in [4.78, 5) is 27.8. The zero-order chi connectivity index (χ0) is 23.8. The second kappa shape index (κ2) is 11.3. The molecular formula is C23H33N3O5S. The van der Waals surface area contributed by atoms with Gasteiger partial charge in [0.15, 0.2) is 0 Å². The molecule has 0 spiro atoms. The van der Waals surface area contributed by atoms with Gasteiger partial charge in [-0.2, -0.15) is 0 Å². The van der Waals surface area contributed by atoms with Crippen molar-refractivity contribution in [3.8, 4) is 0 Å². The molecule has 0 radical (unpaired) electrons. The third kappa shape index (κ3) is 7.20. The third-order valence-electron chi connectivity index (χ3n) is 5.28. The van der Waals surface area contributed by atoms with Gasteiger partial charge >= 0.3 is 0 Å². The van der Waals surface area contributed by atoms with Crippen LogP contribution in [-0.2, 0) is 26.2 Å². The van der Waals surface area contributed by atoms with Crippen LogP contribution in [0.1, 0.15) is 52.7 Å². The average Bonchev–Trinajstić information content (AvgIpc) is 3.28. The van der Waals surface area contributed by atoms with Crippen LogP contribution in [0, 0.1) is 0 Å². The average molecular weight is 464 g/mol. The minimum atomic E-state index is -3.86. The van der Waals surface area contributed by atoms with Gasteiger partial charge < -0.3 is 14.6 Å². The van der Waals surface area contributed by atoms with Crippen molar-refractivity contribution >= 4 is 21.8 Å². The highest BCUT2D eigenvalue weighted by atomic mass is 32.2. The van der Waals surface area contributed by atoms with Crippen LogP contribution in [0.5, 0.6) is 0 Å². The smallest absolute Gasteiger partial charge is 0.243 e. The fraction of sp³-hybridized carbons (Fsp3) is 0.478. The fourth-order valence-electron chi connectivity index (χ4n) is 3.09. The number of rotatable bonds is 12. The molecule has 1 heterocycles. The zero-order valence-corrected chi connectivity index (χ0v) is 19.9. The molecule has 0 aliphatic carbocycles. The SMILES string of the molecule is CCC[C@@H](C(=O)NC(C)(C)CC)N(Cc1ccco1)C(=O)CNS(=O)(=O)c1ccccc1. The number of carbonyl (C=O) groups excluding carboxylic acids is 2. The fourth-order valence-corrected chi connectivity index (χ4v) is 4.09. The lowest BCUT2D eigenvalue weighted by molar-refractivity contribution is -0.141. The molecule has 2 N–H and O–H groups in total. The summed E-state index contributed by atoms with van der Waals surface area (Å²) in [6.07, 6.45) is 3.32. The molecule has 2 rings (SSSR count). The summed E-state index contributed by atoms with van der Waals surface area (Å²) < 4.78 is 32.8. The molecule has 2 amide bonds. The van der Waals surface area contributed by atoms with Crippen LogP contribution in [0.25, 0.3) is 0 Å². The molecule has 32 heavy (non-hydrogen) atoms. The van der Waals surface area contributed by atoms with Crippen LogP contribution >= 0.6 is 0 Å². The minimum absolute atomic E-state index is 0.0591. The van der Waals surface area contributed by atoms with E-state index in [1.807, 2.05) is 27.7 Å². The molecule has 0 saturated heterocycles. The molecule has 176 valence electrons. The molecule has 8 nitrogen and oxygen atoms in total. The van der Waals surface area contributed by atoms with Gasteiger partial charge in [0.2, 0.25) is 21.8 Å². The number of furan rings is 1. The standard InChI is InChI=1S/C23H33N3O5S/c1-5-11-20(22(28)25-23(3,4)6-2)26(17-18-12-10-15-31-18)21(27)16-24-32(29,30)19-13-8-7-9-14-19/h7-10,12-15,20,24H,5-6,11,16-17H2,1-4H3,(H,25,28)/t20-/m0/s1. The second-order valence-electron chi connectivity index (χ2n) is 8.27. The number of benzene rings is 1. The lowest BCUT2D eigenvalue weighted by atomic mass is 10.00. The normalized spacial score (nSPS) is 12.9. The maximum absolute atomic E-state index is 13.2. The lowest BCUT2D eigenvalue weighted by Crippen LogP contribution is -2.55. The monoisotopic (exact) mass is 463 g/mol. The van der Waals surface area contributed by atoms with E-state index in [0.29, 0.717) is 18.6 Å². The third-order valence-corrected chi connectivity index (χ3v) is 6.70. The van der Waals surface area contributed by atoms with E-state index < -0.39 is 34.1 Å². The van der Waals surface area contributed by atoms with Gasteiger partial charge in [0.25, 0.3) is 0 Å². The molecule has 1 aromatic heterocycles. The predicted molar refractivity (Wildman–Crippen MR) is 122 cm³/mol. The van der Waals surface area contributed by atoms with Crippen LogP contribution in [0.4, 0.5) is 0 Å². The van der Waals surface area contributed by atoms with Crippen molar-refractivity contribution in [3.05, 3.63) is 54.5 Å². The van der Waals surface area contributed by atoms with Gasteiger partial charge in [-0.25, -0.2) is 13.1 Å². The maximum atomic E-state index is 13.2. The molecule has 0 aliphatic heterocycles. The van der Waals surface area contributed by atoms with Gasteiger partial charge in [-0.15, -0.1) is 0 Å². The number of hydrogen-bond acceptors (Lipinski definition) is 5. The maximum Gasteiger partial charge on any atom is 0.243 e. The van der Waals surface area contributed by atoms with E-state index in [1.54, 1.807) is 30.3 Å². The molecule has 9 heteroatoms. The Morgan fingerprint density at radius 3 is 2.34 bits per heavy atom. The van der Waals surface area contributed by atoms with Crippen LogP contribution in [0.15, 0.2) is 58.0 Å². The van der Waals surface area contributed by atoms with E-state index >= 15 is 0 Å². The van der Waals surface area contributed by atoms with Crippen molar-refractivity contribution in [3.63, 3.8) is 0 Å². The van der Waals surface area contributed by atoms with Crippen LogP contribution < -0.4 is 10.0 Å².